The number of amides is 1. The molecule has 0 aromatic heterocycles. The van der Waals surface area contributed by atoms with Crippen molar-refractivity contribution in [2.75, 3.05) is 46.5 Å². The standard InChI is InChI=1S/C15H25N3O3S/c1-17(2)11-7-12-18(22(3,20)21)13-10-16-15(19)14-8-5-4-6-9-14/h4-6,8-9H,7,10-13H2,1-3H3,(H,16,19). The maximum atomic E-state index is 11.9. The Morgan fingerprint density at radius 1 is 1.09 bits per heavy atom. The quantitative estimate of drug-likeness (QED) is 0.722. The summed E-state index contributed by atoms with van der Waals surface area (Å²) in [5.41, 5.74) is 0.570. The third-order valence-electron chi connectivity index (χ3n) is 3.16. The fraction of sp³-hybridized carbons (Fsp3) is 0.533. The van der Waals surface area contributed by atoms with Crippen LogP contribution in [0.15, 0.2) is 30.3 Å². The van der Waals surface area contributed by atoms with Crippen LogP contribution in [0.2, 0.25) is 0 Å². The summed E-state index contributed by atoms with van der Waals surface area (Å²) < 4.78 is 24.9. The first-order chi connectivity index (χ1) is 10.3. The lowest BCUT2D eigenvalue weighted by atomic mass is 10.2. The molecule has 0 unspecified atom stereocenters. The van der Waals surface area contributed by atoms with Crippen molar-refractivity contribution in [3.8, 4) is 0 Å². The number of nitrogens with zero attached hydrogens (tertiary/aromatic N) is 2. The van der Waals surface area contributed by atoms with Crippen LogP contribution in [0.3, 0.4) is 0 Å². The highest BCUT2D eigenvalue weighted by Crippen LogP contribution is 2.01. The van der Waals surface area contributed by atoms with Crippen LogP contribution in [0.25, 0.3) is 0 Å². The number of sulfonamides is 1. The lowest BCUT2D eigenvalue weighted by molar-refractivity contribution is 0.0951. The summed E-state index contributed by atoms with van der Waals surface area (Å²) in [6.45, 7) is 1.86. The number of hydrogen-bond acceptors (Lipinski definition) is 4. The van der Waals surface area contributed by atoms with Gasteiger partial charge < -0.3 is 10.2 Å². The lowest BCUT2D eigenvalue weighted by Gasteiger charge is -2.21. The van der Waals surface area contributed by atoms with E-state index >= 15 is 0 Å². The van der Waals surface area contributed by atoms with E-state index in [9.17, 15) is 13.2 Å². The van der Waals surface area contributed by atoms with E-state index in [1.165, 1.54) is 10.6 Å². The molecule has 0 atom stereocenters. The van der Waals surface area contributed by atoms with Crippen LogP contribution in [0.4, 0.5) is 0 Å². The van der Waals surface area contributed by atoms with E-state index in [2.05, 4.69) is 5.32 Å². The Hall–Kier alpha value is -1.44. The molecule has 0 aliphatic heterocycles. The molecule has 0 saturated heterocycles. The Kier molecular flexibility index (Phi) is 7.50. The van der Waals surface area contributed by atoms with Gasteiger partial charge in [0.2, 0.25) is 10.0 Å². The normalized spacial score (nSPS) is 11.9. The molecule has 0 bridgehead atoms. The van der Waals surface area contributed by atoms with E-state index in [1.807, 2.05) is 25.1 Å². The third kappa shape index (κ3) is 7.02. The number of nitrogens with one attached hydrogen (secondary N) is 1. The Labute approximate surface area is 133 Å². The highest BCUT2D eigenvalue weighted by molar-refractivity contribution is 7.88. The zero-order valence-corrected chi connectivity index (χ0v) is 14.3. The number of rotatable bonds is 9. The van der Waals surface area contributed by atoms with E-state index in [0.29, 0.717) is 18.7 Å². The first kappa shape index (κ1) is 18.6. The van der Waals surface area contributed by atoms with E-state index in [4.69, 9.17) is 0 Å². The minimum absolute atomic E-state index is 0.192. The second-order valence-corrected chi connectivity index (χ2v) is 7.42. The molecule has 1 aromatic rings. The predicted octanol–water partition coefficient (Wildman–Crippen LogP) is 0.630. The lowest BCUT2D eigenvalue weighted by Crippen LogP contribution is -2.39. The topological polar surface area (TPSA) is 69.7 Å². The maximum Gasteiger partial charge on any atom is 0.251 e. The second-order valence-electron chi connectivity index (χ2n) is 5.44. The molecule has 1 aromatic carbocycles. The molecule has 124 valence electrons. The van der Waals surface area contributed by atoms with Crippen LogP contribution in [0, 0.1) is 0 Å². The Morgan fingerprint density at radius 2 is 1.73 bits per heavy atom. The van der Waals surface area contributed by atoms with Crippen molar-refractivity contribution in [3.05, 3.63) is 35.9 Å². The molecular formula is C15H25N3O3S. The molecule has 0 radical (unpaired) electrons. The molecular weight excluding hydrogens is 302 g/mol. The molecule has 6 nitrogen and oxygen atoms in total. The highest BCUT2D eigenvalue weighted by Gasteiger charge is 2.16. The molecule has 0 spiro atoms. The monoisotopic (exact) mass is 327 g/mol. The van der Waals surface area contributed by atoms with E-state index in [0.717, 1.165) is 13.0 Å². The van der Waals surface area contributed by atoms with Crippen LogP contribution in [-0.4, -0.2) is 70.1 Å². The predicted molar refractivity (Wildman–Crippen MR) is 88.4 cm³/mol. The number of carbonyl (C=O) groups is 1. The molecule has 1 rings (SSSR count). The third-order valence-corrected chi connectivity index (χ3v) is 4.47. The fourth-order valence-electron chi connectivity index (χ4n) is 1.99. The van der Waals surface area contributed by atoms with Gasteiger partial charge in [0, 0.05) is 25.2 Å². The van der Waals surface area contributed by atoms with E-state index in [-0.39, 0.29) is 12.5 Å². The minimum Gasteiger partial charge on any atom is -0.351 e. The Morgan fingerprint density at radius 3 is 2.27 bits per heavy atom. The van der Waals surface area contributed by atoms with Gasteiger partial charge in [-0.2, -0.15) is 0 Å². The van der Waals surface area contributed by atoms with E-state index < -0.39 is 10.0 Å². The van der Waals surface area contributed by atoms with Gasteiger partial charge in [-0.15, -0.1) is 0 Å². The van der Waals surface area contributed by atoms with Gasteiger partial charge in [-0.3, -0.25) is 4.79 Å². The number of benzene rings is 1. The van der Waals surface area contributed by atoms with Gasteiger partial charge in [0.15, 0.2) is 0 Å². The summed E-state index contributed by atoms with van der Waals surface area (Å²) in [6, 6.07) is 8.87. The van der Waals surface area contributed by atoms with Crippen molar-refractivity contribution in [1.29, 1.82) is 0 Å². The van der Waals surface area contributed by atoms with Crippen molar-refractivity contribution in [1.82, 2.24) is 14.5 Å². The van der Waals surface area contributed by atoms with Crippen molar-refractivity contribution in [3.63, 3.8) is 0 Å². The van der Waals surface area contributed by atoms with Gasteiger partial charge in [0.05, 0.1) is 6.26 Å². The van der Waals surface area contributed by atoms with E-state index in [1.54, 1.807) is 24.3 Å². The zero-order chi connectivity index (χ0) is 16.6. The summed E-state index contributed by atoms with van der Waals surface area (Å²) in [7, 11) is 0.637. The van der Waals surface area contributed by atoms with Crippen molar-refractivity contribution in [2.45, 2.75) is 6.42 Å². The molecule has 0 fully saturated rings. The smallest absolute Gasteiger partial charge is 0.251 e. The summed E-state index contributed by atoms with van der Waals surface area (Å²) in [4.78, 5) is 13.9. The fourth-order valence-corrected chi connectivity index (χ4v) is 2.88. The van der Waals surface area contributed by atoms with Crippen LogP contribution in [0.5, 0.6) is 0 Å². The molecule has 1 amide bonds. The molecule has 0 heterocycles. The average Bonchev–Trinajstić information content (AvgIpc) is 2.45. The van der Waals surface area contributed by atoms with Gasteiger partial charge in [0.25, 0.3) is 5.91 Å². The first-order valence-electron chi connectivity index (χ1n) is 7.24. The maximum absolute atomic E-state index is 11.9. The van der Waals surface area contributed by atoms with Gasteiger partial charge >= 0.3 is 0 Å². The molecule has 7 heteroatoms. The molecule has 0 aliphatic carbocycles. The van der Waals surface area contributed by atoms with Crippen molar-refractivity contribution in [2.24, 2.45) is 0 Å². The zero-order valence-electron chi connectivity index (χ0n) is 13.4. The van der Waals surface area contributed by atoms with Gasteiger partial charge in [-0.1, -0.05) is 18.2 Å². The SMILES string of the molecule is CN(C)CCCN(CCNC(=O)c1ccccc1)S(C)(=O)=O. The van der Waals surface area contributed by atoms with Gasteiger partial charge in [-0.05, 0) is 39.2 Å². The number of carbonyl (C=O) groups excluding carboxylic acids is 1. The van der Waals surface area contributed by atoms with Crippen LogP contribution >= 0.6 is 0 Å². The van der Waals surface area contributed by atoms with Crippen LogP contribution < -0.4 is 5.32 Å². The summed E-state index contributed by atoms with van der Waals surface area (Å²) in [6.07, 6.45) is 1.95. The van der Waals surface area contributed by atoms with Crippen molar-refractivity contribution < 1.29 is 13.2 Å². The van der Waals surface area contributed by atoms with Crippen LogP contribution in [-0.2, 0) is 10.0 Å². The highest BCUT2D eigenvalue weighted by atomic mass is 32.2. The minimum atomic E-state index is -3.26. The van der Waals surface area contributed by atoms with Crippen LogP contribution in [0.1, 0.15) is 16.8 Å². The number of hydrogen-bond donors (Lipinski definition) is 1. The molecule has 0 aliphatic rings. The largest absolute Gasteiger partial charge is 0.351 e. The summed E-state index contributed by atoms with van der Waals surface area (Å²) in [5, 5.41) is 2.75. The first-order valence-corrected chi connectivity index (χ1v) is 9.08. The molecule has 1 N–H and O–H groups in total. The second kappa shape index (κ2) is 8.87. The van der Waals surface area contributed by atoms with Gasteiger partial charge in [-0.25, -0.2) is 12.7 Å². The molecule has 0 saturated carbocycles. The van der Waals surface area contributed by atoms with Crippen molar-refractivity contribution >= 4 is 15.9 Å². The average molecular weight is 327 g/mol. The van der Waals surface area contributed by atoms with Gasteiger partial charge in [0.1, 0.15) is 0 Å². The Balaban J connectivity index is 2.45. The Bertz CT molecular complexity index is 559. The molecule has 22 heavy (non-hydrogen) atoms. The summed E-state index contributed by atoms with van der Waals surface area (Å²) in [5.74, 6) is -0.192. The summed E-state index contributed by atoms with van der Waals surface area (Å²) >= 11 is 0.